The number of aromatic nitrogens is 1. The van der Waals surface area contributed by atoms with E-state index in [2.05, 4.69) is 15.6 Å². The molecule has 152 valence electrons. The third kappa shape index (κ3) is 3.37. The Kier molecular flexibility index (Phi) is 4.41. The molecule has 2 aliphatic heterocycles. The van der Waals surface area contributed by atoms with Crippen molar-refractivity contribution in [2.24, 2.45) is 0 Å². The fraction of sp³-hybridized carbons (Fsp3) is 0.278. The predicted molar refractivity (Wildman–Crippen MR) is 103 cm³/mol. The molecule has 0 saturated carbocycles. The Morgan fingerprint density at radius 1 is 1.38 bits per heavy atom. The highest BCUT2D eigenvalue weighted by Gasteiger charge is 2.48. The van der Waals surface area contributed by atoms with Gasteiger partial charge in [-0.3, -0.25) is 10.2 Å². The topological polar surface area (TPSA) is 124 Å². The summed E-state index contributed by atoms with van der Waals surface area (Å²) in [7, 11) is -2.36. The van der Waals surface area contributed by atoms with E-state index in [1.807, 2.05) is 0 Å². The standard InChI is InChI=1S/C18H18FN5O4S/c1-24-17(20)23-18(10-29(24,26)27)6-7-28-15-5-3-12(8-13(15)18)22-16(25)14-4-2-11(19)9-21-14/h2-5,8-9H,6-7,10H2,1H3,(H2,20,23)(H,22,25)/t18-/m0/s1. The smallest absolute Gasteiger partial charge is 0.274 e. The fourth-order valence-corrected chi connectivity index (χ4v) is 4.96. The zero-order valence-corrected chi connectivity index (χ0v) is 16.2. The maximum Gasteiger partial charge on any atom is 0.274 e. The van der Waals surface area contributed by atoms with Crippen LogP contribution in [0.15, 0.2) is 36.5 Å². The molecule has 2 aromatic rings. The van der Waals surface area contributed by atoms with E-state index in [0.29, 0.717) is 23.4 Å². The molecule has 0 aliphatic carbocycles. The first-order valence-electron chi connectivity index (χ1n) is 8.74. The number of carbonyl (C=O) groups is 1. The molecule has 2 aliphatic rings. The van der Waals surface area contributed by atoms with Crippen molar-refractivity contribution in [2.75, 3.05) is 24.7 Å². The first-order valence-corrected chi connectivity index (χ1v) is 10.3. The number of hydrogen-bond acceptors (Lipinski definition) is 6. The minimum absolute atomic E-state index is 0.0388. The van der Waals surface area contributed by atoms with Gasteiger partial charge in [0.1, 0.15) is 17.3 Å². The number of hydrogen-bond donors (Lipinski definition) is 3. The van der Waals surface area contributed by atoms with Gasteiger partial charge in [-0.05, 0) is 30.3 Å². The van der Waals surface area contributed by atoms with Crippen LogP contribution in [0.3, 0.4) is 0 Å². The van der Waals surface area contributed by atoms with Crippen LogP contribution in [-0.2, 0) is 15.6 Å². The highest BCUT2D eigenvalue weighted by molar-refractivity contribution is 7.89. The van der Waals surface area contributed by atoms with Crippen molar-refractivity contribution in [2.45, 2.75) is 12.0 Å². The van der Waals surface area contributed by atoms with Gasteiger partial charge in [-0.1, -0.05) is 0 Å². The van der Waals surface area contributed by atoms with Gasteiger partial charge in [0, 0.05) is 24.7 Å². The summed E-state index contributed by atoms with van der Waals surface area (Å²) in [5.74, 6) is -1.08. The van der Waals surface area contributed by atoms with Crippen LogP contribution in [0.1, 0.15) is 22.5 Å². The number of benzene rings is 1. The summed E-state index contributed by atoms with van der Waals surface area (Å²) in [6.45, 7) is 0.289. The average Bonchev–Trinajstić information content (AvgIpc) is 2.67. The highest BCUT2D eigenvalue weighted by atomic mass is 32.2. The van der Waals surface area contributed by atoms with Gasteiger partial charge in [-0.2, -0.15) is 0 Å². The number of carbonyl (C=O) groups excluding carboxylic acids is 1. The Morgan fingerprint density at radius 2 is 2.17 bits per heavy atom. The molecule has 0 unspecified atom stereocenters. The van der Waals surface area contributed by atoms with Crippen LogP contribution in [0.5, 0.6) is 5.75 Å². The number of guanidine groups is 1. The lowest BCUT2D eigenvalue weighted by Gasteiger charge is -2.45. The lowest BCUT2D eigenvalue weighted by Crippen LogP contribution is -2.63. The second kappa shape index (κ2) is 6.69. The van der Waals surface area contributed by atoms with Crippen LogP contribution < -0.4 is 15.4 Å². The van der Waals surface area contributed by atoms with E-state index >= 15 is 0 Å². The minimum atomic E-state index is -3.69. The van der Waals surface area contributed by atoms with Gasteiger partial charge in [0.05, 0.1) is 24.1 Å². The van der Waals surface area contributed by atoms with Gasteiger partial charge < -0.3 is 15.4 Å². The first-order chi connectivity index (χ1) is 13.7. The van der Waals surface area contributed by atoms with Crippen molar-refractivity contribution in [1.82, 2.24) is 14.6 Å². The quantitative estimate of drug-likeness (QED) is 0.673. The average molecular weight is 419 g/mol. The maximum absolute atomic E-state index is 13.0. The van der Waals surface area contributed by atoms with Crippen LogP contribution in [0.2, 0.25) is 0 Å². The first kappa shape index (κ1) is 19.1. The molecule has 3 heterocycles. The Morgan fingerprint density at radius 3 is 2.86 bits per heavy atom. The molecule has 0 bridgehead atoms. The number of pyridine rings is 1. The summed E-state index contributed by atoms with van der Waals surface area (Å²) in [5.41, 5.74) is -0.0634. The van der Waals surface area contributed by atoms with Crippen LogP contribution in [-0.4, -0.2) is 49.0 Å². The van der Waals surface area contributed by atoms with E-state index in [4.69, 9.17) is 10.1 Å². The molecule has 1 saturated heterocycles. The molecule has 1 aromatic carbocycles. The molecule has 1 amide bonds. The molecule has 9 nitrogen and oxygen atoms in total. The molecule has 1 atom stereocenters. The Hall–Kier alpha value is -3.21. The van der Waals surface area contributed by atoms with Gasteiger partial charge in [0.25, 0.3) is 5.91 Å². The molecule has 1 aromatic heterocycles. The second-order valence-electron chi connectivity index (χ2n) is 6.90. The number of nitrogens with zero attached hydrogens (tertiary/aromatic N) is 2. The van der Waals surface area contributed by atoms with Crippen molar-refractivity contribution in [3.05, 3.63) is 53.6 Å². The van der Waals surface area contributed by atoms with Crippen molar-refractivity contribution < 1.29 is 22.3 Å². The number of rotatable bonds is 2. The van der Waals surface area contributed by atoms with E-state index in [9.17, 15) is 17.6 Å². The second-order valence-corrected chi connectivity index (χ2v) is 8.90. The van der Waals surface area contributed by atoms with Gasteiger partial charge in [-0.25, -0.2) is 22.1 Å². The van der Waals surface area contributed by atoms with Crippen molar-refractivity contribution in [1.29, 1.82) is 5.41 Å². The van der Waals surface area contributed by atoms with E-state index in [-0.39, 0.29) is 24.0 Å². The zero-order chi connectivity index (χ0) is 20.8. The van der Waals surface area contributed by atoms with Gasteiger partial charge >= 0.3 is 0 Å². The third-order valence-electron chi connectivity index (χ3n) is 5.02. The lowest BCUT2D eigenvalue weighted by molar-refractivity contribution is 0.102. The molecular weight excluding hydrogens is 401 g/mol. The van der Waals surface area contributed by atoms with E-state index < -0.39 is 27.3 Å². The molecule has 11 heteroatoms. The summed E-state index contributed by atoms with van der Waals surface area (Å²) in [5, 5.41) is 13.7. The van der Waals surface area contributed by atoms with E-state index in [1.54, 1.807) is 18.2 Å². The molecule has 1 spiro atoms. The molecule has 3 N–H and O–H groups in total. The monoisotopic (exact) mass is 419 g/mol. The van der Waals surface area contributed by atoms with Crippen molar-refractivity contribution in [3.8, 4) is 5.75 Å². The SMILES string of the molecule is CN1C(=N)N[C@@]2(CCOc3ccc(NC(=O)c4ccc(F)cn4)cc32)CS1(=O)=O. The van der Waals surface area contributed by atoms with Crippen molar-refractivity contribution >= 4 is 27.6 Å². The molecular formula is C18H18FN5O4S. The highest BCUT2D eigenvalue weighted by Crippen LogP contribution is 2.41. The Labute approximate surface area is 166 Å². The summed E-state index contributed by atoms with van der Waals surface area (Å²) >= 11 is 0. The fourth-order valence-electron chi connectivity index (χ4n) is 3.45. The van der Waals surface area contributed by atoms with Crippen LogP contribution in [0.25, 0.3) is 0 Å². The summed E-state index contributed by atoms with van der Waals surface area (Å²) in [6.07, 6.45) is 1.29. The Balaban J connectivity index is 1.68. The molecule has 1 fully saturated rings. The van der Waals surface area contributed by atoms with Crippen molar-refractivity contribution in [3.63, 3.8) is 0 Å². The van der Waals surface area contributed by atoms with Crippen LogP contribution in [0, 0.1) is 11.2 Å². The van der Waals surface area contributed by atoms with Gasteiger partial charge in [0.15, 0.2) is 0 Å². The van der Waals surface area contributed by atoms with Gasteiger partial charge in [0.2, 0.25) is 16.0 Å². The number of nitrogens with one attached hydrogen (secondary N) is 3. The van der Waals surface area contributed by atoms with E-state index in [0.717, 1.165) is 16.6 Å². The zero-order valence-electron chi connectivity index (χ0n) is 15.4. The van der Waals surface area contributed by atoms with E-state index in [1.165, 1.54) is 13.1 Å². The minimum Gasteiger partial charge on any atom is -0.493 e. The number of amides is 1. The molecule has 0 radical (unpaired) electrons. The summed E-state index contributed by atoms with van der Waals surface area (Å²) < 4.78 is 44.7. The lowest BCUT2D eigenvalue weighted by atomic mass is 9.85. The molecule has 29 heavy (non-hydrogen) atoms. The maximum atomic E-state index is 13.0. The van der Waals surface area contributed by atoms with Crippen LogP contribution in [0.4, 0.5) is 10.1 Å². The normalized spacial score (nSPS) is 22.4. The number of ether oxygens (including phenoxy) is 1. The third-order valence-corrected chi connectivity index (χ3v) is 6.89. The summed E-state index contributed by atoms with van der Waals surface area (Å²) in [4.78, 5) is 16.1. The predicted octanol–water partition coefficient (Wildman–Crippen LogP) is 1.25. The number of fused-ring (bicyclic) bond motifs is 2. The summed E-state index contributed by atoms with van der Waals surface area (Å²) in [6, 6.07) is 7.28. The number of sulfonamides is 1. The van der Waals surface area contributed by atoms with Crippen LogP contribution >= 0.6 is 0 Å². The number of halogens is 1. The molecule has 4 rings (SSSR count). The number of anilines is 1. The Bertz CT molecular complexity index is 1110. The largest absolute Gasteiger partial charge is 0.493 e. The van der Waals surface area contributed by atoms with Gasteiger partial charge in [-0.15, -0.1) is 0 Å².